The van der Waals surface area contributed by atoms with Gasteiger partial charge in [-0.15, -0.1) is 0 Å². The number of nitrogens with one attached hydrogen (secondary N) is 2. The van der Waals surface area contributed by atoms with Gasteiger partial charge in [0.25, 0.3) is 0 Å². The molecule has 1 heterocycles. The van der Waals surface area contributed by atoms with Crippen LogP contribution in [0.2, 0.25) is 0 Å². The van der Waals surface area contributed by atoms with Crippen molar-refractivity contribution in [1.82, 2.24) is 10.0 Å². The summed E-state index contributed by atoms with van der Waals surface area (Å²) in [5.74, 6) is 0.852. The molecule has 0 aromatic heterocycles. The van der Waals surface area contributed by atoms with Crippen LogP contribution in [-0.4, -0.2) is 33.3 Å². The van der Waals surface area contributed by atoms with Gasteiger partial charge in [-0.2, -0.15) is 0 Å². The smallest absolute Gasteiger partial charge is 0.211 e. The second-order valence-electron chi connectivity index (χ2n) is 5.75. The van der Waals surface area contributed by atoms with Crippen LogP contribution in [0, 0.1) is 5.92 Å². The topological polar surface area (TPSA) is 58.2 Å². The van der Waals surface area contributed by atoms with E-state index in [4.69, 9.17) is 0 Å². The molecule has 0 spiro atoms. The molecule has 5 heteroatoms. The molecule has 0 aromatic rings. The standard InChI is InChI=1S/C13H26N2O2S/c16-18(17,15-11-12-5-1-2-6-12)10-8-13-7-3-4-9-14-13/h12-15H,1-11H2. The van der Waals surface area contributed by atoms with E-state index in [0.29, 0.717) is 18.5 Å². The molecule has 1 saturated heterocycles. The Labute approximate surface area is 111 Å². The van der Waals surface area contributed by atoms with Gasteiger partial charge in [0.05, 0.1) is 5.75 Å². The van der Waals surface area contributed by atoms with Crippen molar-refractivity contribution in [1.29, 1.82) is 0 Å². The first-order chi connectivity index (χ1) is 8.66. The Morgan fingerprint density at radius 3 is 2.44 bits per heavy atom. The Bertz CT molecular complexity index is 331. The van der Waals surface area contributed by atoms with Crippen LogP contribution in [-0.2, 0) is 10.0 Å². The average Bonchev–Trinajstić information content (AvgIpc) is 2.89. The highest BCUT2D eigenvalue weighted by Gasteiger charge is 2.20. The summed E-state index contributed by atoms with van der Waals surface area (Å²) in [6.07, 6.45) is 9.23. The third kappa shape index (κ3) is 4.86. The zero-order valence-electron chi connectivity index (χ0n) is 11.2. The summed E-state index contributed by atoms with van der Waals surface area (Å²) in [4.78, 5) is 0. The molecule has 0 bridgehead atoms. The van der Waals surface area contributed by atoms with Gasteiger partial charge < -0.3 is 5.32 Å². The zero-order chi connectivity index (χ0) is 12.8. The van der Waals surface area contributed by atoms with Gasteiger partial charge in [0.1, 0.15) is 0 Å². The lowest BCUT2D eigenvalue weighted by atomic mass is 10.0. The highest BCUT2D eigenvalue weighted by molar-refractivity contribution is 7.89. The number of hydrogen-bond acceptors (Lipinski definition) is 3. The Morgan fingerprint density at radius 1 is 1.06 bits per heavy atom. The van der Waals surface area contributed by atoms with Crippen LogP contribution >= 0.6 is 0 Å². The van der Waals surface area contributed by atoms with E-state index in [9.17, 15) is 8.42 Å². The normalized spacial score (nSPS) is 26.6. The van der Waals surface area contributed by atoms with Gasteiger partial charge in [-0.1, -0.05) is 19.3 Å². The molecule has 4 nitrogen and oxygen atoms in total. The SMILES string of the molecule is O=S(=O)(CCC1CCCCN1)NCC1CCCC1. The maximum Gasteiger partial charge on any atom is 0.211 e. The molecular formula is C13H26N2O2S. The van der Waals surface area contributed by atoms with Crippen molar-refractivity contribution in [3.05, 3.63) is 0 Å². The van der Waals surface area contributed by atoms with Crippen molar-refractivity contribution in [2.75, 3.05) is 18.8 Å². The summed E-state index contributed by atoms with van der Waals surface area (Å²) >= 11 is 0. The molecule has 2 aliphatic rings. The Kier molecular flexibility index (Phi) is 5.45. The Morgan fingerprint density at radius 2 is 1.78 bits per heavy atom. The summed E-state index contributed by atoms with van der Waals surface area (Å²) in [5, 5.41) is 3.40. The molecule has 2 N–H and O–H groups in total. The molecule has 18 heavy (non-hydrogen) atoms. The molecule has 2 fully saturated rings. The summed E-state index contributed by atoms with van der Waals surface area (Å²) in [7, 11) is -3.06. The number of rotatable bonds is 6. The van der Waals surface area contributed by atoms with Gasteiger partial charge in [0.2, 0.25) is 10.0 Å². The minimum atomic E-state index is -3.06. The summed E-state index contributed by atoms with van der Waals surface area (Å²) < 4.78 is 26.6. The van der Waals surface area contributed by atoms with E-state index in [2.05, 4.69) is 10.0 Å². The third-order valence-electron chi connectivity index (χ3n) is 4.21. The molecule has 1 aliphatic heterocycles. The average molecular weight is 274 g/mol. The zero-order valence-corrected chi connectivity index (χ0v) is 12.0. The lowest BCUT2D eigenvalue weighted by molar-refractivity contribution is 0.392. The molecule has 1 atom stereocenters. The van der Waals surface area contributed by atoms with Gasteiger partial charge >= 0.3 is 0 Å². The predicted octanol–water partition coefficient (Wildman–Crippen LogP) is 1.63. The first kappa shape index (κ1) is 14.3. The van der Waals surface area contributed by atoms with E-state index in [1.54, 1.807) is 0 Å². The molecule has 0 radical (unpaired) electrons. The fourth-order valence-corrected chi connectivity index (χ4v) is 4.23. The van der Waals surface area contributed by atoms with Crippen molar-refractivity contribution in [3.63, 3.8) is 0 Å². The fourth-order valence-electron chi connectivity index (χ4n) is 3.00. The lowest BCUT2D eigenvalue weighted by Gasteiger charge is -2.23. The molecule has 0 aromatic carbocycles. The highest BCUT2D eigenvalue weighted by atomic mass is 32.2. The van der Waals surface area contributed by atoms with E-state index in [-0.39, 0.29) is 5.75 Å². The largest absolute Gasteiger partial charge is 0.314 e. The van der Waals surface area contributed by atoms with Crippen molar-refractivity contribution < 1.29 is 8.42 Å². The minimum Gasteiger partial charge on any atom is -0.314 e. The summed E-state index contributed by atoms with van der Waals surface area (Å²) in [5.41, 5.74) is 0. The molecule has 1 saturated carbocycles. The van der Waals surface area contributed by atoms with E-state index in [1.807, 2.05) is 0 Å². The van der Waals surface area contributed by atoms with Gasteiger partial charge in [-0.25, -0.2) is 13.1 Å². The Hall–Kier alpha value is -0.130. The quantitative estimate of drug-likeness (QED) is 0.774. The van der Waals surface area contributed by atoms with Crippen LogP contribution in [0.25, 0.3) is 0 Å². The highest BCUT2D eigenvalue weighted by Crippen LogP contribution is 2.23. The Balaban J connectivity index is 1.66. The first-order valence-corrected chi connectivity index (χ1v) is 9.02. The molecule has 1 aliphatic carbocycles. The van der Waals surface area contributed by atoms with Gasteiger partial charge in [-0.3, -0.25) is 0 Å². The predicted molar refractivity (Wildman–Crippen MR) is 74.0 cm³/mol. The van der Waals surface area contributed by atoms with E-state index < -0.39 is 10.0 Å². The molecular weight excluding hydrogens is 248 g/mol. The van der Waals surface area contributed by atoms with Crippen molar-refractivity contribution in [2.24, 2.45) is 5.92 Å². The second kappa shape index (κ2) is 6.87. The van der Waals surface area contributed by atoms with Crippen molar-refractivity contribution in [3.8, 4) is 0 Å². The van der Waals surface area contributed by atoms with Crippen molar-refractivity contribution >= 4 is 10.0 Å². The molecule has 0 amide bonds. The van der Waals surface area contributed by atoms with E-state index in [1.165, 1.54) is 38.5 Å². The third-order valence-corrected chi connectivity index (χ3v) is 5.59. The maximum atomic E-state index is 11.9. The number of hydrogen-bond donors (Lipinski definition) is 2. The molecule has 2 rings (SSSR count). The number of sulfonamides is 1. The molecule has 1 unspecified atom stereocenters. The van der Waals surface area contributed by atoms with Crippen LogP contribution in [0.15, 0.2) is 0 Å². The van der Waals surface area contributed by atoms with Crippen LogP contribution in [0.3, 0.4) is 0 Å². The first-order valence-electron chi connectivity index (χ1n) is 7.36. The maximum absolute atomic E-state index is 11.9. The van der Waals surface area contributed by atoms with Crippen LogP contribution in [0.1, 0.15) is 51.4 Å². The summed E-state index contributed by atoms with van der Waals surface area (Å²) in [6.45, 7) is 1.70. The lowest BCUT2D eigenvalue weighted by Crippen LogP contribution is -2.37. The minimum absolute atomic E-state index is 0.275. The van der Waals surface area contributed by atoms with Gasteiger partial charge in [0, 0.05) is 12.6 Å². The van der Waals surface area contributed by atoms with Gasteiger partial charge in [-0.05, 0) is 44.6 Å². The number of piperidine rings is 1. The van der Waals surface area contributed by atoms with Crippen molar-refractivity contribution in [2.45, 2.75) is 57.4 Å². The van der Waals surface area contributed by atoms with Gasteiger partial charge in [0.15, 0.2) is 0 Å². The van der Waals surface area contributed by atoms with E-state index >= 15 is 0 Å². The second-order valence-corrected chi connectivity index (χ2v) is 7.68. The van der Waals surface area contributed by atoms with E-state index in [0.717, 1.165) is 19.4 Å². The molecule has 106 valence electrons. The fraction of sp³-hybridized carbons (Fsp3) is 1.00. The van der Waals surface area contributed by atoms with Crippen LogP contribution < -0.4 is 10.0 Å². The summed E-state index contributed by atoms with van der Waals surface area (Å²) in [6, 6.07) is 0.404. The van der Waals surface area contributed by atoms with Crippen LogP contribution in [0.4, 0.5) is 0 Å². The van der Waals surface area contributed by atoms with Crippen LogP contribution in [0.5, 0.6) is 0 Å². The monoisotopic (exact) mass is 274 g/mol.